The number of benzene rings is 1. The van der Waals surface area contributed by atoms with Crippen molar-refractivity contribution in [1.82, 2.24) is 9.80 Å². The molecule has 0 aliphatic carbocycles. The van der Waals surface area contributed by atoms with Crippen molar-refractivity contribution >= 4 is 11.8 Å². The predicted molar refractivity (Wildman–Crippen MR) is 95.0 cm³/mol. The van der Waals surface area contributed by atoms with Gasteiger partial charge in [0.1, 0.15) is 0 Å². The Morgan fingerprint density at radius 1 is 1.08 bits per heavy atom. The molecule has 0 saturated carbocycles. The maximum atomic E-state index is 12.9. The quantitative estimate of drug-likeness (QED) is 0.821. The highest BCUT2D eigenvalue weighted by atomic mass is 16.7. The van der Waals surface area contributed by atoms with Crippen LogP contribution in [-0.4, -0.2) is 60.8 Å². The lowest BCUT2D eigenvalue weighted by atomic mass is 9.95. The van der Waals surface area contributed by atoms with E-state index in [9.17, 15) is 9.59 Å². The number of carbonyl (C=O) groups excluding carboxylic acids is 2. The van der Waals surface area contributed by atoms with Gasteiger partial charge in [-0.2, -0.15) is 0 Å². The number of likely N-dealkylation sites (tertiary alicyclic amines) is 2. The van der Waals surface area contributed by atoms with Gasteiger partial charge in [0, 0.05) is 38.5 Å². The lowest BCUT2D eigenvalue weighted by Crippen LogP contribution is -2.44. The minimum atomic E-state index is -0.207. The van der Waals surface area contributed by atoms with E-state index in [4.69, 9.17) is 9.47 Å². The second-order valence-corrected chi connectivity index (χ2v) is 7.43. The monoisotopic (exact) mass is 358 g/mol. The minimum absolute atomic E-state index is 0.0786. The van der Waals surface area contributed by atoms with Crippen LogP contribution in [0.3, 0.4) is 0 Å². The van der Waals surface area contributed by atoms with Gasteiger partial charge in [-0.25, -0.2) is 0 Å². The zero-order valence-corrected chi connectivity index (χ0v) is 15.0. The lowest BCUT2D eigenvalue weighted by molar-refractivity contribution is -0.140. The van der Waals surface area contributed by atoms with E-state index in [1.54, 1.807) is 0 Å². The maximum absolute atomic E-state index is 12.9. The first-order chi connectivity index (χ1) is 12.7. The number of hydrogen-bond acceptors (Lipinski definition) is 4. The third-order valence-corrected chi connectivity index (χ3v) is 5.66. The molecule has 0 aromatic heterocycles. The van der Waals surface area contributed by atoms with E-state index in [2.05, 4.69) is 0 Å². The molecule has 6 heteroatoms. The van der Waals surface area contributed by atoms with Crippen LogP contribution in [0.4, 0.5) is 0 Å². The van der Waals surface area contributed by atoms with Crippen molar-refractivity contribution in [3.05, 3.63) is 35.9 Å². The molecule has 0 spiro atoms. The summed E-state index contributed by atoms with van der Waals surface area (Å²) in [6.07, 6.45) is 2.05. The van der Waals surface area contributed by atoms with E-state index < -0.39 is 0 Å². The van der Waals surface area contributed by atoms with Crippen LogP contribution >= 0.6 is 0 Å². The van der Waals surface area contributed by atoms with Crippen LogP contribution in [0.2, 0.25) is 0 Å². The number of hydrogen-bond donors (Lipinski definition) is 0. The molecule has 6 nitrogen and oxygen atoms in total. The molecular formula is C20H26N2O4. The number of rotatable bonds is 4. The molecule has 0 bridgehead atoms. The second-order valence-electron chi connectivity index (χ2n) is 7.43. The highest BCUT2D eigenvalue weighted by Crippen LogP contribution is 2.28. The van der Waals surface area contributed by atoms with Crippen molar-refractivity contribution in [1.29, 1.82) is 0 Å². The number of piperidine rings is 1. The van der Waals surface area contributed by atoms with Crippen molar-refractivity contribution in [2.45, 2.75) is 32.1 Å². The summed E-state index contributed by atoms with van der Waals surface area (Å²) in [7, 11) is 0. The van der Waals surface area contributed by atoms with E-state index in [1.165, 1.54) is 0 Å². The fourth-order valence-electron chi connectivity index (χ4n) is 4.19. The fraction of sp³-hybridized carbons (Fsp3) is 0.600. The molecule has 1 aromatic rings. The average molecular weight is 358 g/mol. The molecule has 26 heavy (non-hydrogen) atoms. The molecule has 1 aromatic carbocycles. The molecule has 0 radical (unpaired) electrons. The van der Waals surface area contributed by atoms with Crippen molar-refractivity contribution in [3.63, 3.8) is 0 Å². The summed E-state index contributed by atoms with van der Waals surface area (Å²) in [5.41, 5.74) is 1.10. The van der Waals surface area contributed by atoms with Crippen LogP contribution in [-0.2, 0) is 25.6 Å². The van der Waals surface area contributed by atoms with Crippen LogP contribution in [0.5, 0.6) is 0 Å². The Hall–Kier alpha value is -1.92. The molecule has 3 heterocycles. The van der Waals surface area contributed by atoms with Crippen molar-refractivity contribution < 1.29 is 19.1 Å². The van der Waals surface area contributed by atoms with E-state index >= 15 is 0 Å². The predicted octanol–water partition coefficient (Wildman–Crippen LogP) is 1.65. The van der Waals surface area contributed by atoms with Gasteiger partial charge in [-0.3, -0.25) is 9.59 Å². The average Bonchev–Trinajstić information content (AvgIpc) is 3.33. The molecular weight excluding hydrogens is 332 g/mol. The molecule has 1 unspecified atom stereocenters. The SMILES string of the molecule is O=C1CC(C(=O)N2CCC(C3OCCO3)CC2)CN1Cc1ccccc1. The Morgan fingerprint density at radius 2 is 1.77 bits per heavy atom. The van der Waals surface area contributed by atoms with Crippen LogP contribution < -0.4 is 0 Å². The van der Waals surface area contributed by atoms with E-state index in [-0.39, 0.29) is 24.0 Å². The highest BCUT2D eigenvalue weighted by molar-refractivity contribution is 5.89. The van der Waals surface area contributed by atoms with Crippen LogP contribution in [0.1, 0.15) is 24.8 Å². The molecule has 3 saturated heterocycles. The summed E-state index contributed by atoms with van der Waals surface area (Å²) in [6, 6.07) is 9.94. The minimum Gasteiger partial charge on any atom is -0.350 e. The zero-order chi connectivity index (χ0) is 17.9. The van der Waals surface area contributed by atoms with Crippen LogP contribution in [0.15, 0.2) is 30.3 Å². The van der Waals surface area contributed by atoms with Crippen LogP contribution in [0, 0.1) is 11.8 Å². The number of nitrogens with zero attached hydrogens (tertiary/aromatic N) is 2. The third-order valence-electron chi connectivity index (χ3n) is 5.66. The number of amides is 2. The van der Waals surface area contributed by atoms with Crippen molar-refractivity contribution in [2.75, 3.05) is 32.8 Å². The van der Waals surface area contributed by atoms with Gasteiger partial charge in [0.2, 0.25) is 11.8 Å². The Balaban J connectivity index is 1.29. The van der Waals surface area contributed by atoms with Gasteiger partial charge in [-0.1, -0.05) is 30.3 Å². The lowest BCUT2D eigenvalue weighted by Gasteiger charge is -2.35. The zero-order valence-electron chi connectivity index (χ0n) is 15.0. The Morgan fingerprint density at radius 3 is 2.46 bits per heavy atom. The largest absolute Gasteiger partial charge is 0.350 e. The van der Waals surface area contributed by atoms with Gasteiger partial charge < -0.3 is 19.3 Å². The highest BCUT2D eigenvalue weighted by Gasteiger charge is 2.38. The Bertz CT molecular complexity index is 636. The maximum Gasteiger partial charge on any atom is 0.227 e. The molecule has 3 aliphatic rings. The molecule has 3 fully saturated rings. The normalized spacial score (nSPS) is 25.2. The Labute approximate surface area is 154 Å². The van der Waals surface area contributed by atoms with Gasteiger partial charge in [-0.05, 0) is 18.4 Å². The smallest absolute Gasteiger partial charge is 0.227 e. The topological polar surface area (TPSA) is 59.1 Å². The molecule has 1 atom stereocenters. The summed E-state index contributed by atoms with van der Waals surface area (Å²) >= 11 is 0. The Kier molecular flexibility index (Phi) is 5.22. The summed E-state index contributed by atoms with van der Waals surface area (Å²) < 4.78 is 11.2. The van der Waals surface area contributed by atoms with Gasteiger partial charge >= 0.3 is 0 Å². The summed E-state index contributed by atoms with van der Waals surface area (Å²) in [4.78, 5) is 28.9. The molecule has 0 N–H and O–H groups in total. The summed E-state index contributed by atoms with van der Waals surface area (Å²) in [5.74, 6) is 0.374. The van der Waals surface area contributed by atoms with Gasteiger partial charge in [0.05, 0.1) is 19.1 Å². The first-order valence-corrected chi connectivity index (χ1v) is 9.54. The van der Waals surface area contributed by atoms with Crippen molar-refractivity contribution in [2.24, 2.45) is 11.8 Å². The number of carbonyl (C=O) groups is 2. The van der Waals surface area contributed by atoms with Gasteiger partial charge in [0.25, 0.3) is 0 Å². The van der Waals surface area contributed by atoms with E-state index in [0.29, 0.717) is 38.6 Å². The van der Waals surface area contributed by atoms with E-state index in [1.807, 2.05) is 40.1 Å². The molecule has 3 aliphatic heterocycles. The molecule has 4 rings (SSSR count). The molecule has 2 amide bonds. The third kappa shape index (κ3) is 3.76. The first kappa shape index (κ1) is 17.5. The summed E-state index contributed by atoms with van der Waals surface area (Å²) in [6.45, 7) is 3.92. The van der Waals surface area contributed by atoms with E-state index in [0.717, 1.165) is 31.5 Å². The van der Waals surface area contributed by atoms with Gasteiger partial charge in [0.15, 0.2) is 6.29 Å². The van der Waals surface area contributed by atoms with Crippen LogP contribution in [0.25, 0.3) is 0 Å². The first-order valence-electron chi connectivity index (χ1n) is 9.54. The second kappa shape index (κ2) is 7.76. The number of ether oxygens (including phenoxy) is 2. The van der Waals surface area contributed by atoms with Crippen molar-refractivity contribution in [3.8, 4) is 0 Å². The summed E-state index contributed by atoms with van der Waals surface area (Å²) in [5, 5.41) is 0. The fourth-order valence-corrected chi connectivity index (χ4v) is 4.19. The molecule has 140 valence electrons. The van der Waals surface area contributed by atoms with Gasteiger partial charge in [-0.15, -0.1) is 0 Å². The standard InChI is InChI=1S/C20H26N2O4/c23-18-12-17(14-22(18)13-15-4-2-1-3-5-15)19(24)21-8-6-16(7-9-21)20-25-10-11-26-20/h1-5,16-17,20H,6-14H2.